The van der Waals surface area contributed by atoms with Crippen molar-refractivity contribution in [2.24, 2.45) is 0 Å². The van der Waals surface area contributed by atoms with Crippen molar-refractivity contribution in [3.05, 3.63) is 81.8 Å². The molecule has 4 rings (SSSR count). The minimum absolute atomic E-state index is 0.0383. The third-order valence-electron chi connectivity index (χ3n) is 4.57. The van der Waals surface area contributed by atoms with Gasteiger partial charge in [-0.25, -0.2) is 4.79 Å². The van der Waals surface area contributed by atoms with E-state index in [1.807, 2.05) is 37.4 Å². The van der Waals surface area contributed by atoms with E-state index in [0.29, 0.717) is 24.0 Å². The number of fused-ring (bicyclic) bond motifs is 2. The normalized spacial score (nSPS) is 11.2. The molecule has 4 aromatic rings. The van der Waals surface area contributed by atoms with Gasteiger partial charge in [0.15, 0.2) is 5.78 Å². The summed E-state index contributed by atoms with van der Waals surface area (Å²) in [6, 6.07) is 14.8. The smallest absolute Gasteiger partial charge is 0.336 e. The standard InChI is InChI=1S/C21H17NO3/c1-13-10-21(24)25-20-11-14(6-8-16(13)20)19(23)9-7-15-12-22-18-5-3-2-4-17(15)18/h2-6,8,10-12,22H,7,9H2,1H3. The number of carbonyl (C=O) groups excluding carboxylic acids is 1. The van der Waals surface area contributed by atoms with E-state index in [1.165, 1.54) is 6.07 Å². The Hall–Kier alpha value is -3.14. The number of aryl methyl sites for hydroxylation is 2. The van der Waals surface area contributed by atoms with E-state index < -0.39 is 5.63 Å². The number of benzene rings is 2. The van der Waals surface area contributed by atoms with Gasteiger partial charge in [-0.15, -0.1) is 0 Å². The zero-order valence-corrected chi connectivity index (χ0v) is 13.8. The van der Waals surface area contributed by atoms with E-state index >= 15 is 0 Å². The molecule has 0 radical (unpaired) electrons. The maximum absolute atomic E-state index is 12.6. The van der Waals surface area contributed by atoms with Crippen LogP contribution in [0.25, 0.3) is 21.9 Å². The second kappa shape index (κ2) is 6.06. The zero-order chi connectivity index (χ0) is 17.4. The monoisotopic (exact) mass is 331 g/mol. The lowest BCUT2D eigenvalue weighted by Gasteiger charge is -2.04. The third kappa shape index (κ3) is 2.87. The number of carbonyl (C=O) groups is 1. The number of para-hydroxylation sites is 1. The molecule has 0 amide bonds. The van der Waals surface area contributed by atoms with Crippen LogP contribution < -0.4 is 5.63 Å². The minimum atomic E-state index is -0.395. The van der Waals surface area contributed by atoms with E-state index in [4.69, 9.17) is 4.42 Å². The molecule has 0 aliphatic carbocycles. The van der Waals surface area contributed by atoms with Gasteiger partial charge in [-0.05, 0) is 36.6 Å². The first-order valence-electron chi connectivity index (χ1n) is 8.24. The fourth-order valence-electron chi connectivity index (χ4n) is 3.23. The maximum Gasteiger partial charge on any atom is 0.336 e. The molecule has 0 spiro atoms. The van der Waals surface area contributed by atoms with Crippen molar-refractivity contribution in [1.82, 2.24) is 4.98 Å². The van der Waals surface area contributed by atoms with Crippen LogP contribution in [0.4, 0.5) is 0 Å². The van der Waals surface area contributed by atoms with Crippen LogP contribution in [-0.2, 0) is 6.42 Å². The summed E-state index contributed by atoms with van der Waals surface area (Å²) in [5, 5.41) is 2.00. The number of aromatic nitrogens is 1. The molecule has 4 nitrogen and oxygen atoms in total. The van der Waals surface area contributed by atoms with Gasteiger partial charge in [0.2, 0.25) is 0 Å². The molecule has 25 heavy (non-hydrogen) atoms. The van der Waals surface area contributed by atoms with Crippen molar-refractivity contribution in [1.29, 1.82) is 0 Å². The second-order valence-corrected chi connectivity index (χ2v) is 6.24. The summed E-state index contributed by atoms with van der Waals surface area (Å²) in [7, 11) is 0. The second-order valence-electron chi connectivity index (χ2n) is 6.24. The highest BCUT2D eigenvalue weighted by Crippen LogP contribution is 2.22. The van der Waals surface area contributed by atoms with Crippen molar-refractivity contribution in [2.45, 2.75) is 19.8 Å². The van der Waals surface area contributed by atoms with Crippen LogP contribution in [0.3, 0.4) is 0 Å². The summed E-state index contributed by atoms with van der Waals surface area (Å²) in [6.45, 7) is 1.86. The van der Waals surface area contributed by atoms with Gasteiger partial charge in [0.05, 0.1) is 0 Å². The van der Waals surface area contributed by atoms with Crippen molar-refractivity contribution >= 4 is 27.7 Å². The highest BCUT2D eigenvalue weighted by Gasteiger charge is 2.11. The van der Waals surface area contributed by atoms with Crippen LogP contribution in [0, 0.1) is 6.92 Å². The van der Waals surface area contributed by atoms with E-state index in [0.717, 1.165) is 27.4 Å². The molecule has 0 saturated carbocycles. The summed E-state index contributed by atoms with van der Waals surface area (Å²) in [4.78, 5) is 27.3. The molecule has 0 unspecified atom stereocenters. The van der Waals surface area contributed by atoms with Crippen LogP contribution in [0.1, 0.15) is 27.9 Å². The van der Waals surface area contributed by atoms with E-state index in [-0.39, 0.29) is 5.78 Å². The molecule has 0 aliphatic heterocycles. The first-order chi connectivity index (χ1) is 12.1. The number of ketones is 1. The zero-order valence-electron chi connectivity index (χ0n) is 13.8. The van der Waals surface area contributed by atoms with E-state index in [9.17, 15) is 9.59 Å². The van der Waals surface area contributed by atoms with Crippen molar-refractivity contribution < 1.29 is 9.21 Å². The molecule has 0 saturated heterocycles. The first kappa shape index (κ1) is 15.4. The van der Waals surface area contributed by atoms with Gasteiger partial charge < -0.3 is 9.40 Å². The number of Topliss-reactive ketones (excluding diaryl/α,β-unsaturated/α-hetero) is 1. The Balaban J connectivity index is 1.58. The minimum Gasteiger partial charge on any atom is -0.423 e. The number of nitrogens with one attached hydrogen (secondary N) is 1. The van der Waals surface area contributed by atoms with E-state index in [1.54, 1.807) is 12.1 Å². The predicted molar refractivity (Wildman–Crippen MR) is 98.2 cm³/mol. The Bertz CT molecular complexity index is 1150. The molecule has 0 atom stereocenters. The quantitative estimate of drug-likeness (QED) is 0.445. The highest BCUT2D eigenvalue weighted by molar-refractivity contribution is 5.99. The summed E-state index contributed by atoms with van der Waals surface area (Å²) < 4.78 is 5.23. The average Bonchev–Trinajstić information content (AvgIpc) is 3.02. The van der Waals surface area contributed by atoms with Crippen LogP contribution in [0.2, 0.25) is 0 Å². The molecule has 4 heteroatoms. The first-order valence-corrected chi connectivity index (χ1v) is 8.24. The Labute approximate surface area is 144 Å². The van der Waals surface area contributed by atoms with Crippen LogP contribution in [-0.4, -0.2) is 10.8 Å². The summed E-state index contributed by atoms with van der Waals surface area (Å²) >= 11 is 0. The lowest BCUT2D eigenvalue weighted by Crippen LogP contribution is -2.03. The van der Waals surface area contributed by atoms with E-state index in [2.05, 4.69) is 11.1 Å². The molecule has 0 aliphatic rings. The maximum atomic E-state index is 12.6. The van der Waals surface area contributed by atoms with Crippen LogP contribution in [0.5, 0.6) is 0 Å². The van der Waals surface area contributed by atoms with Crippen LogP contribution >= 0.6 is 0 Å². The van der Waals surface area contributed by atoms with Crippen molar-refractivity contribution in [3.8, 4) is 0 Å². The third-order valence-corrected chi connectivity index (χ3v) is 4.57. The summed E-state index contributed by atoms with van der Waals surface area (Å²) in [5.41, 5.74) is 3.70. The number of rotatable bonds is 4. The number of hydrogen-bond acceptors (Lipinski definition) is 3. The molecule has 0 fully saturated rings. The van der Waals surface area contributed by atoms with Gasteiger partial charge in [0.25, 0.3) is 0 Å². The van der Waals surface area contributed by atoms with Crippen molar-refractivity contribution in [2.75, 3.05) is 0 Å². The Morgan fingerprint density at radius 2 is 1.92 bits per heavy atom. The molecule has 2 heterocycles. The molecular weight excluding hydrogens is 314 g/mol. The average molecular weight is 331 g/mol. The number of aromatic amines is 1. The number of H-pyrrole nitrogens is 1. The summed E-state index contributed by atoms with van der Waals surface area (Å²) in [5.74, 6) is 0.0383. The molecule has 0 bridgehead atoms. The number of hydrogen-bond donors (Lipinski definition) is 1. The fraction of sp³-hybridized carbons (Fsp3) is 0.143. The summed E-state index contributed by atoms with van der Waals surface area (Å²) in [6.07, 6.45) is 3.03. The topological polar surface area (TPSA) is 63.1 Å². The van der Waals surface area contributed by atoms with Gasteiger partial charge in [0.1, 0.15) is 5.58 Å². The molecule has 124 valence electrons. The Kier molecular flexibility index (Phi) is 3.73. The lowest BCUT2D eigenvalue weighted by atomic mass is 10.0. The van der Waals surface area contributed by atoms with Crippen molar-refractivity contribution in [3.63, 3.8) is 0 Å². The Morgan fingerprint density at radius 3 is 2.80 bits per heavy atom. The largest absolute Gasteiger partial charge is 0.423 e. The fourth-order valence-corrected chi connectivity index (χ4v) is 3.23. The van der Waals surface area contributed by atoms with Gasteiger partial charge in [-0.3, -0.25) is 4.79 Å². The van der Waals surface area contributed by atoms with Gasteiger partial charge in [0, 0.05) is 40.5 Å². The predicted octanol–water partition coefficient (Wildman–Crippen LogP) is 4.40. The molecule has 1 N–H and O–H groups in total. The lowest BCUT2D eigenvalue weighted by molar-refractivity contribution is 0.0983. The Morgan fingerprint density at radius 1 is 1.08 bits per heavy atom. The molecular formula is C21H17NO3. The van der Waals surface area contributed by atoms with Gasteiger partial charge >= 0.3 is 5.63 Å². The van der Waals surface area contributed by atoms with Gasteiger partial charge in [-0.2, -0.15) is 0 Å². The van der Waals surface area contributed by atoms with Crippen LogP contribution in [0.15, 0.2) is 63.9 Å². The molecule has 2 aromatic carbocycles. The molecule has 2 aromatic heterocycles. The highest BCUT2D eigenvalue weighted by atomic mass is 16.4. The SMILES string of the molecule is Cc1cc(=O)oc2cc(C(=O)CCc3c[nH]c4ccccc34)ccc12. The van der Waals surface area contributed by atoms with Gasteiger partial charge in [-0.1, -0.05) is 30.3 Å².